The van der Waals surface area contributed by atoms with Gasteiger partial charge in [-0.1, -0.05) is 17.3 Å². The van der Waals surface area contributed by atoms with E-state index in [4.69, 9.17) is 9.26 Å². The van der Waals surface area contributed by atoms with Gasteiger partial charge in [0.2, 0.25) is 5.91 Å². The second kappa shape index (κ2) is 7.77. The van der Waals surface area contributed by atoms with Crippen LogP contribution < -0.4 is 10.1 Å². The Morgan fingerprint density at radius 3 is 2.77 bits per heavy atom. The normalized spacial score (nSPS) is 10.6. The average Bonchev–Trinajstić information content (AvgIpc) is 3.05. The van der Waals surface area contributed by atoms with Crippen LogP contribution in [-0.4, -0.2) is 17.7 Å². The first kappa shape index (κ1) is 17.6. The first-order valence-corrected chi connectivity index (χ1v) is 7.99. The van der Waals surface area contributed by atoms with Gasteiger partial charge >= 0.3 is 0 Å². The van der Waals surface area contributed by atoms with Crippen molar-refractivity contribution in [3.05, 3.63) is 65.9 Å². The number of hydrogen-bond acceptors (Lipinski definition) is 4. The number of carbonyl (C=O) groups excluding carboxylic acids is 1. The summed E-state index contributed by atoms with van der Waals surface area (Å²) in [6.45, 7) is 2.33. The molecule has 0 saturated carbocycles. The van der Waals surface area contributed by atoms with Gasteiger partial charge in [-0.3, -0.25) is 4.79 Å². The number of anilines is 1. The molecule has 3 rings (SSSR count). The van der Waals surface area contributed by atoms with Crippen molar-refractivity contribution in [3.63, 3.8) is 0 Å². The van der Waals surface area contributed by atoms with E-state index in [2.05, 4.69) is 10.5 Å². The van der Waals surface area contributed by atoms with E-state index in [-0.39, 0.29) is 23.7 Å². The number of hydrogen-bond donors (Lipinski definition) is 1. The Labute approximate surface area is 148 Å². The van der Waals surface area contributed by atoms with Crippen LogP contribution in [0.1, 0.15) is 12.6 Å². The number of benzene rings is 2. The number of amides is 1. The van der Waals surface area contributed by atoms with Crippen LogP contribution in [0.5, 0.6) is 5.75 Å². The number of halogens is 2. The van der Waals surface area contributed by atoms with E-state index in [0.717, 1.165) is 12.1 Å². The Kier molecular flexibility index (Phi) is 5.26. The van der Waals surface area contributed by atoms with Crippen molar-refractivity contribution in [1.29, 1.82) is 0 Å². The minimum absolute atomic E-state index is 0.0627. The summed E-state index contributed by atoms with van der Waals surface area (Å²) in [6.07, 6.45) is -0.0627. The van der Waals surface area contributed by atoms with E-state index in [9.17, 15) is 13.6 Å². The molecule has 1 N–H and O–H groups in total. The topological polar surface area (TPSA) is 64.4 Å². The fraction of sp³-hybridized carbons (Fsp3) is 0.158. The Balaban J connectivity index is 1.70. The number of carbonyl (C=O) groups is 1. The Morgan fingerprint density at radius 1 is 1.19 bits per heavy atom. The van der Waals surface area contributed by atoms with Crippen molar-refractivity contribution in [2.24, 2.45) is 0 Å². The van der Waals surface area contributed by atoms with Gasteiger partial charge < -0.3 is 14.6 Å². The molecule has 0 aliphatic carbocycles. The molecule has 0 aliphatic heterocycles. The summed E-state index contributed by atoms with van der Waals surface area (Å²) < 4.78 is 37.3. The molecule has 134 valence electrons. The minimum Gasteiger partial charge on any atom is -0.492 e. The van der Waals surface area contributed by atoms with Gasteiger partial charge in [0.05, 0.1) is 30.0 Å². The Bertz CT molecular complexity index is 925. The molecular weight excluding hydrogens is 342 g/mol. The summed E-state index contributed by atoms with van der Waals surface area (Å²) in [5.41, 5.74) is 0.954. The quantitative estimate of drug-likeness (QED) is 0.717. The maximum Gasteiger partial charge on any atom is 0.230 e. The van der Waals surface area contributed by atoms with E-state index >= 15 is 0 Å². The minimum atomic E-state index is -0.761. The van der Waals surface area contributed by atoms with Gasteiger partial charge in [0.15, 0.2) is 5.76 Å². The zero-order valence-electron chi connectivity index (χ0n) is 14.0. The van der Waals surface area contributed by atoms with Gasteiger partial charge in [-0.2, -0.15) is 0 Å². The molecule has 0 saturated heterocycles. The predicted octanol–water partition coefficient (Wildman–Crippen LogP) is 4.20. The highest BCUT2D eigenvalue weighted by molar-refractivity contribution is 5.93. The molecule has 0 bridgehead atoms. The molecule has 1 heterocycles. The first-order chi connectivity index (χ1) is 12.6. The smallest absolute Gasteiger partial charge is 0.230 e. The van der Waals surface area contributed by atoms with Gasteiger partial charge in [0.25, 0.3) is 0 Å². The van der Waals surface area contributed by atoms with Crippen LogP contribution in [0, 0.1) is 11.6 Å². The van der Waals surface area contributed by atoms with Crippen molar-refractivity contribution in [2.45, 2.75) is 13.3 Å². The SMILES string of the molecule is CCOc1ccccc1NC(=O)Cc1cc(-c2ccc(F)cc2F)on1. The lowest BCUT2D eigenvalue weighted by molar-refractivity contribution is -0.115. The van der Waals surface area contributed by atoms with Crippen molar-refractivity contribution in [2.75, 3.05) is 11.9 Å². The maximum atomic E-state index is 13.8. The monoisotopic (exact) mass is 358 g/mol. The molecule has 0 radical (unpaired) electrons. The number of rotatable bonds is 6. The summed E-state index contributed by atoms with van der Waals surface area (Å²) >= 11 is 0. The van der Waals surface area contributed by atoms with Crippen LogP contribution in [0.25, 0.3) is 11.3 Å². The van der Waals surface area contributed by atoms with E-state index in [1.54, 1.807) is 18.2 Å². The van der Waals surface area contributed by atoms with Gasteiger partial charge in [-0.25, -0.2) is 8.78 Å². The molecule has 0 fully saturated rings. The Hall–Kier alpha value is -3.22. The van der Waals surface area contributed by atoms with E-state index < -0.39 is 11.6 Å². The highest BCUT2D eigenvalue weighted by atomic mass is 19.1. The van der Waals surface area contributed by atoms with E-state index in [1.165, 1.54) is 12.1 Å². The third-order valence-corrected chi connectivity index (χ3v) is 3.56. The largest absolute Gasteiger partial charge is 0.492 e. The lowest BCUT2D eigenvalue weighted by atomic mass is 10.1. The zero-order chi connectivity index (χ0) is 18.5. The molecule has 26 heavy (non-hydrogen) atoms. The lowest BCUT2D eigenvalue weighted by Gasteiger charge is -2.10. The maximum absolute atomic E-state index is 13.8. The lowest BCUT2D eigenvalue weighted by Crippen LogP contribution is -2.15. The molecular formula is C19H16F2N2O3. The first-order valence-electron chi connectivity index (χ1n) is 7.99. The highest BCUT2D eigenvalue weighted by Crippen LogP contribution is 2.26. The third-order valence-electron chi connectivity index (χ3n) is 3.56. The molecule has 5 nitrogen and oxygen atoms in total. The molecule has 2 aromatic carbocycles. The van der Waals surface area contributed by atoms with Crippen LogP contribution in [0.3, 0.4) is 0 Å². The number of ether oxygens (including phenoxy) is 1. The van der Waals surface area contributed by atoms with Crippen LogP contribution in [0.15, 0.2) is 53.1 Å². The molecule has 0 aliphatic rings. The molecule has 0 atom stereocenters. The fourth-order valence-electron chi connectivity index (χ4n) is 2.42. The fourth-order valence-corrected chi connectivity index (χ4v) is 2.42. The summed E-state index contributed by atoms with van der Waals surface area (Å²) in [6, 6.07) is 11.7. The number of para-hydroxylation sites is 2. The van der Waals surface area contributed by atoms with Crippen LogP contribution >= 0.6 is 0 Å². The predicted molar refractivity (Wildman–Crippen MR) is 91.8 cm³/mol. The molecule has 0 unspecified atom stereocenters. The molecule has 7 heteroatoms. The van der Waals surface area contributed by atoms with Crippen LogP contribution in [0.2, 0.25) is 0 Å². The Morgan fingerprint density at radius 2 is 2.00 bits per heavy atom. The summed E-state index contributed by atoms with van der Waals surface area (Å²) in [7, 11) is 0. The van der Waals surface area contributed by atoms with Gasteiger partial charge in [-0.05, 0) is 31.2 Å². The molecule has 1 aromatic heterocycles. The second-order valence-electron chi connectivity index (χ2n) is 5.46. The number of aromatic nitrogens is 1. The van der Waals surface area contributed by atoms with Crippen molar-refractivity contribution < 1.29 is 22.8 Å². The van der Waals surface area contributed by atoms with Crippen molar-refractivity contribution in [3.8, 4) is 17.1 Å². The summed E-state index contributed by atoms with van der Waals surface area (Å²) in [4.78, 5) is 12.2. The summed E-state index contributed by atoms with van der Waals surface area (Å²) in [5, 5.41) is 6.51. The molecule has 0 spiro atoms. The second-order valence-corrected chi connectivity index (χ2v) is 5.46. The van der Waals surface area contributed by atoms with E-state index in [0.29, 0.717) is 23.7 Å². The van der Waals surface area contributed by atoms with Gasteiger partial charge in [0.1, 0.15) is 17.4 Å². The number of nitrogens with one attached hydrogen (secondary N) is 1. The number of nitrogens with zero attached hydrogens (tertiary/aromatic N) is 1. The van der Waals surface area contributed by atoms with E-state index in [1.807, 2.05) is 13.0 Å². The van der Waals surface area contributed by atoms with Crippen molar-refractivity contribution in [1.82, 2.24) is 5.16 Å². The standard InChI is InChI=1S/C19H16F2N2O3/c1-2-25-17-6-4-3-5-16(17)22-19(24)11-13-10-18(26-23-13)14-8-7-12(20)9-15(14)21/h3-10H,2,11H2,1H3,(H,22,24). The molecule has 3 aromatic rings. The highest BCUT2D eigenvalue weighted by Gasteiger charge is 2.15. The van der Waals surface area contributed by atoms with Crippen LogP contribution in [0.4, 0.5) is 14.5 Å². The molecule has 1 amide bonds. The van der Waals surface area contributed by atoms with Crippen molar-refractivity contribution >= 4 is 11.6 Å². The van der Waals surface area contributed by atoms with Gasteiger partial charge in [-0.15, -0.1) is 0 Å². The zero-order valence-corrected chi connectivity index (χ0v) is 14.0. The average molecular weight is 358 g/mol. The summed E-state index contributed by atoms with van der Waals surface area (Å²) in [5.74, 6) is -1.07. The van der Waals surface area contributed by atoms with Crippen LogP contribution in [-0.2, 0) is 11.2 Å². The van der Waals surface area contributed by atoms with Gasteiger partial charge in [0, 0.05) is 12.1 Å². The third kappa shape index (κ3) is 4.05.